The Hall–Kier alpha value is -2.62. The summed E-state index contributed by atoms with van der Waals surface area (Å²) in [6.07, 6.45) is 13.6. The molecule has 1 amide bonds. The maximum atomic E-state index is 12.3. The molecule has 1 aromatic carbocycles. The molecule has 180 valence electrons. The summed E-state index contributed by atoms with van der Waals surface area (Å²) >= 11 is 0. The lowest BCUT2D eigenvalue weighted by atomic mass is 9.92. The van der Waals surface area contributed by atoms with E-state index in [9.17, 15) is 4.79 Å². The number of nitrogens with zero attached hydrogens (tertiary/aromatic N) is 1. The average Bonchev–Trinajstić information content (AvgIpc) is 2.77. The number of ether oxygens (including phenoxy) is 1. The predicted molar refractivity (Wildman–Crippen MR) is 137 cm³/mol. The first-order valence-electron chi connectivity index (χ1n) is 12.4. The van der Waals surface area contributed by atoms with E-state index in [2.05, 4.69) is 54.0 Å². The van der Waals surface area contributed by atoms with Gasteiger partial charge in [0.1, 0.15) is 6.54 Å². The summed E-state index contributed by atoms with van der Waals surface area (Å²) in [5.74, 6) is 0. The Balaban J connectivity index is 1.50. The Bertz CT molecular complexity index is 889. The van der Waals surface area contributed by atoms with Crippen LogP contribution in [-0.4, -0.2) is 12.7 Å². The standard InChI is InChI=1S/C29H42N2O2/c1-24(2)26-17-14-18-27(22-26)29(4,5)30-28(32)33-21-13-11-9-7-6-8-10-12-19-31-20-15-16-25(3)23-31/h14-18,20,22-23H,1,6-13,19,21H2,2-5H3/p+1. The van der Waals surface area contributed by atoms with E-state index in [1.54, 1.807) is 0 Å². The number of rotatable bonds is 14. The highest BCUT2D eigenvalue weighted by atomic mass is 16.5. The fourth-order valence-corrected chi connectivity index (χ4v) is 3.95. The number of nitrogens with one attached hydrogen (secondary N) is 1. The Kier molecular flexibility index (Phi) is 11.2. The second kappa shape index (κ2) is 13.8. The Morgan fingerprint density at radius 2 is 1.67 bits per heavy atom. The normalized spacial score (nSPS) is 11.3. The van der Waals surface area contributed by atoms with Gasteiger partial charge in [-0.1, -0.05) is 62.5 Å². The van der Waals surface area contributed by atoms with Crippen molar-refractivity contribution in [1.82, 2.24) is 5.32 Å². The number of benzene rings is 1. The van der Waals surface area contributed by atoms with Gasteiger partial charge in [-0.15, -0.1) is 0 Å². The Morgan fingerprint density at radius 1 is 1.00 bits per heavy atom. The van der Waals surface area contributed by atoms with E-state index >= 15 is 0 Å². The van der Waals surface area contributed by atoms with Crippen LogP contribution in [0.4, 0.5) is 4.79 Å². The molecule has 2 rings (SSSR count). The first-order chi connectivity index (χ1) is 15.8. The van der Waals surface area contributed by atoms with Gasteiger partial charge in [0.05, 0.1) is 12.1 Å². The molecule has 0 aliphatic carbocycles. The maximum absolute atomic E-state index is 12.3. The second-order valence-corrected chi connectivity index (χ2v) is 9.69. The monoisotopic (exact) mass is 451 g/mol. The largest absolute Gasteiger partial charge is 0.450 e. The SMILES string of the molecule is C=C(C)c1cccc(C(C)(C)NC(=O)OCCCCCCCCCC[n+]2cccc(C)c2)c1. The molecule has 0 spiro atoms. The predicted octanol–water partition coefficient (Wildman–Crippen LogP) is 7.10. The number of alkyl carbamates (subject to hydrolysis) is 1. The van der Waals surface area contributed by atoms with Crippen molar-refractivity contribution in [3.05, 3.63) is 72.1 Å². The number of hydrogen-bond acceptors (Lipinski definition) is 2. The van der Waals surface area contributed by atoms with E-state index in [1.807, 2.05) is 39.0 Å². The maximum Gasteiger partial charge on any atom is 0.407 e. The molecule has 0 bridgehead atoms. The van der Waals surface area contributed by atoms with Crippen molar-refractivity contribution >= 4 is 11.7 Å². The van der Waals surface area contributed by atoms with Gasteiger partial charge in [0.15, 0.2) is 12.4 Å². The van der Waals surface area contributed by atoms with Crippen molar-refractivity contribution in [2.45, 2.75) is 91.1 Å². The summed E-state index contributed by atoms with van der Waals surface area (Å²) in [6, 6.07) is 12.4. The Morgan fingerprint density at radius 3 is 2.33 bits per heavy atom. The van der Waals surface area contributed by atoms with Gasteiger partial charge in [0.25, 0.3) is 0 Å². The quantitative estimate of drug-likeness (QED) is 0.246. The number of carbonyl (C=O) groups is 1. The fraction of sp³-hybridized carbons (Fsp3) is 0.517. The number of unbranched alkanes of at least 4 members (excludes halogenated alkanes) is 7. The molecular weight excluding hydrogens is 408 g/mol. The zero-order valence-corrected chi connectivity index (χ0v) is 21.2. The van der Waals surface area contributed by atoms with Crippen LogP contribution in [0.2, 0.25) is 0 Å². The molecule has 33 heavy (non-hydrogen) atoms. The van der Waals surface area contributed by atoms with E-state index in [0.29, 0.717) is 6.61 Å². The third-order valence-corrected chi connectivity index (χ3v) is 6.04. The number of amides is 1. The lowest BCUT2D eigenvalue weighted by Gasteiger charge is -2.27. The van der Waals surface area contributed by atoms with Crippen molar-refractivity contribution in [2.75, 3.05) is 6.61 Å². The molecule has 4 nitrogen and oxygen atoms in total. The van der Waals surface area contributed by atoms with Crippen LogP contribution in [0.3, 0.4) is 0 Å². The summed E-state index contributed by atoms with van der Waals surface area (Å²) in [6.45, 7) is 13.7. The summed E-state index contributed by atoms with van der Waals surface area (Å²) in [7, 11) is 0. The summed E-state index contributed by atoms with van der Waals surface area (Å²) < 4.78 is 7.70. The highest BCUT2D eigenvalue weighted by molar-refractivity contribution is 5.69. The van der Waals surface area contributed by atoms with Gasteiger partial charge in [-0.3, -0.25) is 0 Å². The highest BCUT2D eigenvalue weighted by Crippen LogP contribution is 2.23. The minimum Gasteiger partial charge on any atom is -0.450 e. The van der Waals surface area contributed by atoms with Gasteiger partial charge >= 0.3 is 6.09 Å². The van der Waals surface area contributed by atoms with Gasteiger partial charge in [-0.25, -0.2) is 9.36 Å². The van der Waals surface area contributed by atoms with Crippen LogP contribution in [0.1, 0.15) is 88.8 Å². The van der Waals surface area contributed by atoms with Crippen LogP contribution < -0.4 is 9.88 Å². The second-order valence-electron chi connectivity index (χ2n) is 9.69. The zero-order valence-electron chi connectivity index (χ0n) is 21.2. The number of allylic oxidation sites excluding steroid dienone is 1. The molecule has 0 saturated heterocycles. The van der Waals surface area contributed by atoms with Crippen molar-refractivity contribution < 1.29 is 14.1 Å². The molecule has 0 fully saturated rings. The van der Waals surface area contributed by atoms with Crippen LogP contribution in [-0.2, 0) is 16.8 Å². The van der Waals surface area contributed by atoms with E-state index in [1.165, 1.54) is 44.1 Å². The molecule has 1 aromatic heterocycles. The highest BCUT2D eigenvalue weighted by Gasteiger charge is 2.23. The molecule has 0 radical (unpaired) electrons. The van der Waals surface area contributed by atoms with Crippen molar-refractivity contribution in [2.24, 2.45) is 0 Å². The molecule has 0 aliphatic rings. The molecule has 0 aliphatic heterocycles. The minimum atomic E-state index is -0.500. The number of carbonyl (C=O) groups excluding carboxylic acids is 1. The molecule has 2 aromatic rings. The fourth-order valence-electron chi connectivity index (χ4n) is 3.95. The van der Waals surface area contributed by atoms with Gasteiger partial charge < -0.3 is 10.1 Å². The first-order valence-corrected chi connectivity index (χ1v) is 12.4. The van der Waals surface area contributed by atoms with Crippen LogP contribution >= 0.6 is 0 Å². The van der Waals surface area contributed by atoms with E-state index in [-0.39, 0.29) is 6.09 Å². The molecule has 0 saturated carbocycles. The third-order valence-electron chi connectivity index (χ3n) is 6.04. The zero-order chi connectivity index (χ0) is 24.1. The molecule has 0 atom stereocenters. The number of hydrogen-bond donors (Lipinski definition) is 1. The van der Waals surface area contributed by atoms with Gasteiger partial charge in [0, 0.05) is 18.1 Å². The average molecular weight is 452 g/mol. The molecule has 1 N–H and O–H groups in total. The van der Waals surface area contributed by atoms with E-state index in [4.69, 9.17) is 4.74 Å². The molecule has 1 heterocycles. The van der Waals surface area contributed by atoms with Gasteiger partial charge in [-0.2, -0.15) is 0 Å². The summed E-state index contributed by atoms with van der Waals surface area (Å²) in [4.78, 5) is 12.3. The van der Waals surface area contributed by atoms with Gasteiger partial charge in [-0.05, 0) is 63.8 Å². The van der Waals surface area contributed by atoms with Crippen LogP contribution in [0.25, 0.3) is 5.57 Å². The lowest BCUT2D eigenvalue weighted by Crippen LogP contribution is -2.41. The first kappa shape index (κ1) is 26.6. The van der Waals surface area contributed by atoms with E-state index in [0.717, 1.165) is 36.1 Å². The number of pyridine rings is 1. The van der Waals surface area contributed by atoms with Crippen molar-refractivity contribution in [3.63, 3.8) is 0 Å². The molecule has 0 unspecified atom stereocenters. The molecular formula is C29H43N2O2+. The molecule has 4 heteroatoms. The number of aromatic nitrogens is 1. The van der Waals surface area contributed by atoms with Crippen molar-refractivity contribution in [1.29, 1.82) is 0 Å². The lowest BCUT2D eigenvalue weighted by molar-refractivity contribution is -0.697. The Labute approximate surface area is 201 Å². The minimum absolute atomic E-state index is 0.354. The van der Waals surface area contributed by atoms with Crippen LogP contribution in [0.15, 0.2) is 55.4 Å². The van der Waals surface area contributed by atoms with Crippen LogP contribution in [0, 0.1) is 6.92 Å². The smallest absolute Gasteiger partial charge is 0.407 e. The van der Waals surface area contributed by atoms with Gasteiger partial charge in [0.2, 0.25) is 0 Å². The number of aryl methyl sites for hydroxylation is 2. The topological polar surface area (TPSA) is 42.2 Å². The summed E-state index contributed by atoms with van der Waals surface area (Å²) in [5.41, 5.74) is 3.95. The van der Waals surface area contributed by atoms with E-state index < -0.39 is 5.54 Å². The van der Waals surface area contributed by atoms with Crippen LogP contribution in [0.5, 0.6) is 0 Å². The summed E-state index contributed by atoms with van der Waals surface area (Å²) in [5, 5.41) is 2.99. The third kappa shape index (κ3) is 10.2. The van der Waals surface area contributed by atoms with Crippen molar-refractivity contribution in [3.8, 4) is 0 Å².